The third-order valence-electron chi connectivity index (χ3n) is 3.09. The number of amides is 2. The number of aromatic nitrogens is 2. The first-order valence-electron chi connectivity index (χ1n) is 7.43. The second kappa shape index (κ2) is 6.64. The lowest BCUT2D eigenvalue weighted by molar-refractivity contribution is -0.122. The molecule has 6 heteroatoms. The highest BCUT2D eigenvalue weighted by atomic mass is 16.2. The first kappa shape index (κ1) is 16.7. The van der Waals surface area contributed by atoms with Crippen LogP contribution in [0.15, 0.2) is 42.7 Å². The molecule has 0 aliphatic rings. The lowest BCUT2D eigenvalue weighted by Gasteiger charge is -2.23. The molecule has 0 saturated heterocycles. The van der Waals surface area contributed by atoms with Crippen LogP contribution in [0.4, 0.5) is 0 Å². The maximum atomic E-state index is 12.4. The minimum atomic E-state index is -0.320. The Kier molecular flexibility index (Phi) is 4.83. The number of carbonyl (C=O) groups excluding carboxylic acids is 2. The van der Waals surface area contributed by atoms with E-state index in [1.807, 2.05) is 51.1 Å². The van der Waals surface area contributed by atoms with Gasteiger partial charge in [0.2, 0.25) is 5.91 Å². The summed E-state index contributed by atoms with van der Waals surface area (Å²) in [5.41, 5.74) is 0.999. The van der Waals surface area contributed by atoms with Gasteiger partial charge in [-0.05, 0) is 32.9 Å². The minimum Gasteiger partial charge on any atom is -0.350 e. The van der Waals surface area contributed by atoms with E-state index in [4.69, 9.17) is 0 Å². The molecule has 0 aliphatic heterocycles. The number of nitrogens with zero attached hydrogens (tertiary/aromatic N) is 3. The minimum absolute atomic E-state index is 0.00657. The average Bonchev–Trinajstić information content (AvgIpc) is 2.95. The second-order valence-corrected chi connectivity index (χ2v) is 6.47. The Balaban J connectivity index is 2.03. The maximum Gasteiger partial charge on any atom is 0.257 e. The zero-order valence-corrected chi connectivity index (χ0v) is 13.9. The van der Waals surface area contributed by atoms with Crippen LogP contribution in [0.25, 0.3) is 5.69 Å². The van der Waals surface area contributed by atoms with E-state index in [1.165, 1.54) is 11.1 Å². The van der Waals surface area contributed by atoms with Crippen molar-refractivity contribution in [3.05, 3.63) is 48.3 Å². The van der Waals surface area contributed by atoms with Crippen LogP contribution in [0.3, 0.4) is 0 Å². The number of para-hydroxylation sites is 1. The molecule has 0 spiro atoms. The van der Waals surface area contributed by atoms with Gasteiger partial charge in [-0.25, -0.2) is 4.68 Å². The number of likely N-dealkylation sites (N-methyl/N-ethyl adjacent to an activating group) is 1. The number of hydrogen-bond donors (Lipinski definition) is 1. The Hall–Kier alpha value is -2.63. The molecule has 2 rings (SSSR count). The molecule has 6 nitrogen and oxygen atoms in total. The summed E-state index contributed by atoms with van der Waals surface area (Å²) < 4.78 is 1.64. The summed E-state index contributed by atoms with van der Waals surface area (Å²) in [6.45, 7) is 5.70. The zero-order valence-electron chi connectivity index (χ0n) is 13.9. The molecular formula is C17H22N4O2. The van der Waals surface area contributed by atoms with Crippen molar-refractivity contribution < 1.29 is 9.59 Å². The Morgan fingerprint density at radius 3 is 2.48 bits per heavy atom. The van der Waals surface area contributed by atoms with Crippen molar-refractivity contribution in [2.24, 2.45) is 0 Å². The summed E-state index contributed by atoms with van der Waals surface area (Å²) >= 11 is 0. The molecule has 1 aromatic heterocycles. The van der Waals surface area contributed by atoms with Crippen molar-refractivity contribution in [1.82, 2.24) is 20.0 Å². The Bertz CT molecular complexity index is 686. The van der Waals surface area contributed by atoms with Gasteiger partial charge in [0, 0.05) is 18.8 Å². The highest BCUT2D eigenvalue weighted by Gasteiger charge is 2.19. The molecular weight excluding hydrogens is 292 g/mol. The first-order chi connectivity index (χ1) is 10.8. The Morgan fingerprint density at radius 2 is 1.87 bits per heavy atom. The Labute approximate surface area is 136 Å². The van der Waals surface area contributed by atoms with Gasteiger partial charge in [0.1, 0.15) is 0 Å². The molecule has 0 fully saturated rings. The number of hydrogen-bond acceptors (Lipinski definition) is 3. The van der Waals surface area contributed by atoms with Gasteiger partial charge in [-0.3, -0.25) is 9.59 Å². The number of rotatable bonds is 4. The van der Waals surface area contributed by atoms with Crippen LogP contribution in [0.2, 0.25) is 0 Å². The molecule has 0 bridgehead atoms. The van der Waals surface area contributed by atoms with Gasteiger partial charge in [-0.15, -0.1) is 0 Å². The van der Waals surface area contributed by atoms with Gasteiger partial charge >= 0.3 is 0 Å². The van der Waals surface area contributed by atoms with Crippen LogP contribution in [-0.4, -0.2) is 45.6 Å². The van der Waals surface area contributed by atoms with E-state index < -0.39 is 0 Å². The van der Waals surface area contributed by atoms with Gasteiger partial charge in [-0.1, -0.05) is 18.2 Å². The van der Waals surface area contributed by atoms with Crippen LogP contribution in [0.1, 0.15) is 31.1 Å². The molecule has 2 amide bonds. The predicted molar refractivity (Wildman–Crippen MR) is 88.4 cm³/mol. The quantitative estimate of drug-likeness (QED) is 0.936. The molecule has 2 aromatic rings. The molecule has 122 valence electrons. The van der Waals surface area contributed by atoms with Gasteiger partial charge in [0.15, 0.2) is 0 Å². The van der Waals surface area contributed by atoms with E-state index in [1.54, 1.807) is 17.9 Å². The molecule has 0 unspecified atom stereocenters. The van der Waals surface area contributed by atoms with E-state index in [0.717, 1.165) is 5.69 Å². The van der Waals surface area contributed by atoms with E-state index in [2.05, 4.69) is 10.4 Å². The topological polar surface area (TPSA) is 67.2 Å². The highest BCUT2D eigenvalue weighted by molar-refractivity contribution is 5.96. The van der Waals surface area contributed by atoms with Crippen LogP contribution < -0.4 is 5.32 Å². The standard InChI is InChI=1S/C17H22N4O2/c1-17(2,3)19-15(22)12-20(4)16(23)13-10-18-21(11-13)14-8-6-5-7-9-14/h5-11H,12H2,1-4H3,(H,19,22). The van der Waals surface area contributed by atoms with Crippen molar-refractivity contribution in [3.63, 3.8) is 0 Å². The highest BCUT2D eigenvalue weighted by Crippen LogP contribution is 2.09. The monoisotopic (exact) mass is 314 g/mol. The van der Waals surface area contributed by atoms with E-state index >= 15 is 0 Å². The normalized spacial score (nSPS) is 11.1. The van der Waals surface area contributed by atoms with Crippen molar-refractivity contribution in [3.8, 4) is 5.69 Å². The fourth-order valence-electron chi connectivity index (χ4n) is 2.12. The summed E-state index contributed by atoms with van der Waals surface area (Å²) in [6, 6.07) is 9.53. The van der Waals surface area contributed by atoms with Crippen LogP contribution >= 0.6 is 0 Å². The molecule has 1 N–H and O–H groups in total. The summed E-state index contributed by atoms with van der Waals surface area (Å²) in [4.78, 5) is 25.7. The lowest BCUT2D eigenvalue weighted by atomic mass is 10.1. The van der Waals surface area contributed by atoms with Crippen LogP contribution in [0.5, 0.6) is 0 Å². The van der Waals surface area contributed by atoms with Gasteiger partial charge in [-0.2, -0.15) is 5.10 Å². The van der Waals surface area contributed by atoms with Crippen LogP contribution in [-0.2, 0) is 4.79 Å². The maximum absolute atomic E-state index is 12.4. The Morgan fingerprint density at radius 1 is 1.22 bits per heavy atom. The van der Waals surface area contributed by atoms with E-state index in [9.17, 15) is 9.59 Å². The van der Waals surface area contributed by atoms with E-state index in [0.29, 0.717) is 5.56 Å². The third kappa shape index (κ3) is 4.67. The summed E-state index contributed by atoms with van der Waals surface area (Å²) in [7, 11) is 1.60. The smallest absolute Gasteiger partial charge is 0.257 e. The van der Waals surface area contributed by atoms with Crippen molar-refractivity contribution >= 4 is 11.8 Å². The molecule has 0 radical (unpaired) electrons. The van der Waals surface area contributed by atoms with Crippen molar-refractivity contribution in [1.29, 1.82) is 0 Å². The molecule has 0 saturated carbocycles. The number of carbonyl (C=O) groups is 2. The predicted octanol–water partition coefficient (Wildman–Crippen LogP) is 1.86. The number of nitrogens with one attached hydrogen (secondary N) is 1. The van der Waals surface area contributed by atoms with Gasteiger partial charge in [0.05, 0.1) is 24.0 Å². The second-order valence-electron chi connectivity index (χ2n) is 6.47. The van der Waals surface area contributed by atoms with E-state index in [-0.39, 0.29) is 23.9 Å². The molecule has 0 atom stereocenters. The molecule has 23 heavy (non-hydrogen) atoms. The lowest BCUT2D eigenvalue weighted by Crippen LogP contribution is -2.46. The SMILES string of the molecule is CN(CC(=O)NC(C)(C)C)C(=O)c1cnn(-c2ccccc2)c1. The molecule has 0 aliphatic carbocycles. The zero-order chi connectivity index (χ0) is 17.0. The van der Waals surface area contributed by atoms with Crippen molar-refractivity contribution in [2.75, 3.05) is 13.6 Å². The fourth-order valence-corrected chi connectivity index (χ4v) is 2.12. The van der Waals surface area contributed by atoms with Crippen molar-refractivity contribution in [2.45, 2.75) is 26.3 Å². The average molecular weight is 314 g/mol. The summed E-state index contributed by atoms with van der Waals surface area (Å²) in [6.07, 6.45) is 3.17. The third-order valence-corrected chi connectivity index (χ3v) is 3.09. The first-order valence-corrected chi connectivity index (χ1v) is 7.43. The van der Waals surface area contributed by atoms with Crippen LogP contribution in [0, 0.1) is 0 Å². The summed E-state index contributed by atoms with van der Waals surface area (Å²) in [5.74, 6) is -0.431. The molecule has 1 aromatic carbocycles. The fraction of sp³-hybridized carbons (Fsp3) is 0.353. The van der Waals surface area contributed by atoms with Gasteiger partial charge in [0.25, 0.3) is 5.91 Å². The summed E-state index contributed by atoms with van der Waals surface area (Å²) in [5, 5.41) is 7.03. The van der Waals surface area contributed by atoms with Gasteiger partial charge < -0.3 is 10.2 Å². The largest absolute Gasteiger partial charge is 0.350 e. The number of benzene rings is 1. The molecule has 1 heterocycles.